The van der Waals surface area contributed by atoms with E-state index in [1.807, 2.05) is 12.1 Å². The third kappa shape index (κ3) is 2.41. The molecule has 0 fully saturated rings. The quantitative estimate of drug-likeness (QED) is 0.533. The highest BCUT2D eigenvalue weighted by molar-refractivity contribution is 6.29. The molecule has 0 unspecified atom stereocenters. The number of rotatable bonds is 1. The Kier molecular flexibility index (Phi) is 3.33. The Hall–Kier alpha value is -1.34. The first kappa shape index (κ1) is 11.7. The fraction of sp³-hybridized carbons (Fsp3) is 0.250. The van der Waals surface area contributed by atoms with Crippen molar-refractivity contribution in [3.05, 3.63) is 59.2 Å². The zero-order chi connectivity index (χ0) is 12.4. The minimum absolute atomic E-state index is 0.550. The Morgan fingerprint density at radius 1 is 1.00 bits per heavy atom. The molecule has 3 rings (SSSR count). The van der Waals surface area contributed by atoms with E-state index < -0.39 is 0 Å². The van der Waals surface area contributed by atoms with Crippen LogP contribution in [0, 0.1) is 6.42 Å². The van der Waals surface area contributed by atoms with Crippen molar-refractivity contribution in [1.29, 1.82) is 0 Å². The summed E-state index contributed by atoms with van der Waals surface area (Å²) in [7, 11) is 0. The topological polar surface area (TPSA) is 12.9 Å². The average molecular weight is 257 g/mol. The molecular weight excluding hydrogens is 242 g/mol. The predicted molar refractivity (Wildman–Crippen MR) is 75.6 cm³/mol. The normalized spacial score (nSPS) is 14.9. The lowest BCUT2D eigenvalue weighted by Gasteiger charge is -2.09. The molecule has 0 atom stereocenters. The van der Waals surface area contributed by atoms with Gasteiger partial charge < -0.3 is 0 Å². The van der Waals surface area contributed by atoms with Crippen LogP contribution in [0.5, 0.6) is 0 Å². The Morgan fingerprint density at radius 2 is 1.89 bits per heavy atom. The molecule has 1 aliphatic rings. The van der Waals surface area contributed by atoms with E-state index in [0.29, 0.717) is 5.15 Å². The van der Waals surface area contributed by atoms with Crippen molar-refractivity contribution in [1.82, 2.24) is 4.98 Å². The van der Waals surface area contributed by atoms with Crippen molar-refractivity contribution in [3.63, 3.8) is 0 Å². The summed E-state index contributed by atoms with van der Waals surface area (Å²) >= 11 is 5.95. The van der Waals surface area contributed by atoms with E-state index in [9.17, 15) is 0 Å². The molecule has 0 spiro atoms. The Balaban J connectivity index is 2.01. The number of nitrogens with zero attached hydrogens (tertiary/aromatic N) is 1. The third-order valence-electron chi connectivity index (χ3n) is 3.47. The molecule has 0 saturated carbocycles. The van der Waals surface area contributed by atoms with E-state index in [-0.39, 0.29) is 0 Å². The van der Waals surface area contributed by atoms with E-state index in [1.165, 1.54) is 42.4 Å². The SMILES string of the molecule is Clc1cc(-c2ccc3c(c2)CCCC[CH]3)ccn1. The summed E-state index contributed by atoms with van der Waals surface area (Å²) in [6.07, 6.45) is 9.07. The Bertz CT molecular complexity index is 563. The van der Waals surface area contributed by atoms with Gasteiger partial charge in [-0.1, -0.05) is 36.2 Å². The van der Waals surface area contributed by atoms with Gasteiger partial charge in [0.1, 0.15) is 5.15 Å². The molecule has 1 aliphatic carbocycles. The van der Waals surface area contributed by atoms with Gasteiger partial charge in [0, 0.05) is 6.20 Å². The van der Waals surface area contributed by atoms with Gasteiger partial charge in [-0.3, -0.25) is 0 Å². The zero-order valence-electron chi connectivity index (χ0n) is 10.2. The summed E-state index contributed by atoms with van der Waals surface area (Å²) in [5.74, 6) is 0. The molecule has 2 heteroatoms. The van der Waals surface area contributed by atoms with Gasteiger partial charge >= 0.3 is 0 Å². The highest BCUT2D eigenvalue weighted by Gasteiger charge is 2.09. The van der Waals surface area contributed by atoms with E-state index >= 15 is 0 Å². The molecule has 0 aliphatic heterocycles. The predicted octanol–water partition coefficient (Wildman–Crippen LogP) is 4.68. The van der Waals surface area contributed by atoms with Crippen molar-refractivity contribution in [2.45, 2.75) is 25.7 Å². The minimum Gasteiger partial charge on any atom is -0.245 e. The van der Waals surface area contributed by atoms with E-state index in [4.69, 9.17) is 11.6 Å². The first-order valence-corrected chi connectivity index (χ1v) is 6.79. The molecule has 91 valence electrons. The number of hydrogen-bond donors (Lipinski definition) is 0. The van der Waals surface area contributed by atoms with E-state index in [2.05, 4.69) is 29.6 Å². The summed E-state index contributed by atoms with van der Waals surface area (Å²) in [6.45, 7) is 0. The smallest absolute Gasteiger partial charge is 0.129 e. The lowest BCUT2D eigenvalue weighted by atomic mass is 9.97. The first-order chi connectivity index (χ1) is 8.83. The van der Waals surface area contributed by atoms with Gasteiger partial charge in [0.05, 0.1) is 0 Å². The van der Waals surface area contributed by atoms with E-state index in [1.54, 1.807) is 6.20 Å². The second-order valence-corrected chi connectivity index (χ2v) is 5.12. The summed E-state index contributed by atoms with van der Waals surface area (Å²) in [5, 5.41) is 0.550. The maximum absolute atomic E-state index is 5.95. The van der Waals surface area contributed by atoms with Crippen LogP contribution in [0.15, 0.2) is 36.5 Å². The van der Waals surface area contributed by atoms with Gasteiger partial charge in [-0.15, -0.1) is 0 Å². The molecule has 2 aromatic rings. The van der Waals surface area contributed by atoms with Crippen LogP contribution in [-0.4, -0.2) is 4.98 Å². The molecule has 1 aromatic heterocycles. The lowest BCUT2D eigenvalue weighted by Crippen LogP contribution is -1.90. The first-order valence-electron chi connectivity index (χ1n) is 6.41. The molecule has 1 nitrogen and oxygen atoms in total. The minimum atomic E-state index is 0.550. The molecule has 1 radical (unpaired) electrons. The van der Waals surface area contributed by atoms with Crippen LogP contribution in [-0.2, 0) is 6.42 Å². The second kappa shape index (κ2) is 5.11. The fourth-order valence-corrected chi connectivity index (χ4v) is 2.67. The lowest BCUT2D eigenvalue weighted by molar-refractivity contribution is 0.755. The maximum atomic E-state index is 5.95. The van der Waals surface area contributed by atoms with Crippen LogP contribution in [0.2, 0.25) is 5.15 Å². The van der Waals surface area contributed by atoms with Crippen molar-refractivity contribution < 1.29 is 0 Å². The Labute approximate surface area is 113 Å². The van der Waals surface area contributed by atoms with Gasteiger partial charge in [0.2, 0.25) is 0 Å². The monoisotopic (exact) mass is 256 g/mol. The Morgan fingerprint density at radius 3 is 2.78 bits per heavy atom. The summed E-state index contributed by atoms with van der Waals surface area (Å²) in [4.78, 5) is 4.03. The second-order valence-electron chi connectivity index (χ2n) is 4.73. The van der Waals surface area contributed by atoms with Crippen LogP contribution in [0.4, 0.5) is 0 Å². The van der Waals surface area contributed by atoms with Crippen molar-refractivity contribution in [2.24, 2.45) is 0 Å². The molecule has 0 saturated heterocycles. The van der Waals surface area contributed by atoms with Crippen molar-refractivity contribution >= 4 is 11.6 Å². The standard InChI is InChI=1S/C16H15ClN/c17-16-11-15(8-9-18-16)14-7-6-12-4-2-1-3-5-13(12)10-14/h4,6-11H,1-3,5H2. The van der Waals surface area contributed by atoms with Gasteiger partial charge in [-0.25, -0.2) is 4.98 Å². The van der Waals surface area contributed by atoms with Crippen LogP contribution in [0.25, 0.3) is 11.1 Å². The number of pyridine rings is 1. The highest BCUT2D eigenvalue weighted by Crippen LogP contribution is 2.28. The molecule has 0 bridgehead atoms. The van der Waals surface area contributed by atoms with Crippen LogP contribution >= 0.6 is 11.6 Å². The highest BCUT2D eigenvalue weighted by atomic mass is 35.5. The number of benzene rings is 1. The van der Waals surface area contributed by atoms with Gasteiger partial charge in [0.25, 0.3) is 0 Å². The molecule has 1 aromatic carbocycles. The molecule has 18 heavy (non-hydrogen) atoms. The number of aromatic nitrogens is 1. The van der Waals surface area contributed by atoms with Crippen molar-refractivity contribution in [2.75, 3.05) is 0 Å². The molecule has 1 heterocycles. The molecule has 0 N–H and O–H groups in total. The average Bonchev–Trinajstić information content (AvgIpc) is 2.63. The molecule has 0 amide bonds. The van der Waals surface area contributed by atoms with Crippen molar-refractivity contribution in [3.8, 4) is 11.1 Å². The summed E-state index contributed by atoms with van der Waals surface area (Å²) in [6, 6.07) is 10.6. The molecular formula is C16H15ClN. The van der Waals surface area contributed by atoms with E-state index in [0.717, 1.165) is 5.56 Å². The maximum Gasteiger partial charge on any atom is 0.129 e. The van der Waals surface area contributed by atoms with Gasteiger partial charge in [-0.05, 0) is 60.1 Å². The van der Waals surface area contributed by atoms with Crippen LogP contribution in [0.1, 0.15) is 30.4 Å². The van der Waals surface area contributed by atoms with Gasteiger partial charge in [-0.2, -0.15) is 0 Å². The third-order valence-corrected chi connectivity index (χ3v) is 3.67. The largest absolute Gasteiger partial charge is 0.245 e. The number of fused-ring (bicyclic) bond motifs is 1. The summed E-state index contributed by atoms with van der Waals surface area (Å²) < 4.78 is 0. The van der Waals surface area contributed by atoms with Crippen LogP contribution in [0.3, 0.4) is 0 Å². The number of aryl methyl sites for hydroxylation is 1. The zero-order valence-corrected chi connectivity index (χ0v) is 11.0. The number of hydrogen-bond acceptors (Lipinski definition) is 1. The van der Waals surface area contributed by atoms with Gasteiger partial charge in [0.15, 0.2) is 0 Å². The fourth-order valence-electron chi connectivity index (χ4n) is 2.50. The summed E-state index contributed by atoms with van der Waals surface area (Å²) in [5.41, 5.74) is 5.23. The number of halogens is 1. The van der Waals surface area contributed by atoms with Crippen LogP contribution < -0.4 is 0 Å².